The Bertz CT molecular complexity index is 999. The van der Waals surface area contributed by atoms with Crippen molar-refractivity contribution in [2.45, 2.75) is 39.7 Å². The van der Waals surface area contributed by atoms with Gasteiger partial charge in [-0.1, -0.05) is 6.92 Å². The molecule has 2 atom stereocenters. The van der Waals surface area contributed by atoms with Crippen LogP contribution in [0.5, 0.6) is 0 Å². The Labute approximate surface area is 180 Å². The summed E-state index contributed by atoms with van der Waals surface area (Å²) in [6.07, 6.45) is 0.0995. The minimum Gasteiger partial charge on any atom is -0.444 e. The lowest BCUT2D eigenvalue weighted by molar-refractivity contribution is -0.117. The first-order valence-electron chi connectivity index (χ1n) is 10.0. The molecule has 0 aliphatic heterocycles. The van der Waals surface area contributed by atoms with Gasteiger partial charge in [-0.2, -0.15) is 0 Å². The number of rotatable bonds is 5. The number of anilines is 3. The summed E-state index contributed by atoms with van der Waals surface area (Å²) in [5, 5.41) is 7.83. The monoisotopic (exact) mass is 427 g/mol. The van der Waals surface area contributed by atoms with Crippen LogP contribution in [0.25, 0.3) is 0 Å². The molecule has 2 unspecified atom stereocenters. The van der Waals surface area contributed by atoms with Gasteiger partial charge in [-0.25, -0.2) is 9.18 Å². The van der Waals surface area contributed by atoms with Crippen LogP contribution in [0.3, 0.4) is 0 Å². The predicted octanol–water partition coefficient (Wildman–Crippen LogP) is 5.02. The summed E-state index contributed by atoms with van der Waals surface area (Å²) in [5.41, 5.74) is 0.446. The van der Waals surface area contributed by atoms with E-state index in [1.54, 1.807) is 45.0 Å². The molecule has 0 heterocycles. The zero-order valence-electron chi connectivity index (χ0n) is 17.9. The molecule has 3 rings (SSSR count). The van der Waals surface area contributed by atoms with Crippen molar-refractivity contribution < 1.29 is 23.5 Å². The van der Waals surface area contributed by atoms with Crippen LogP contribution < -0.4 is 16.0 Å². The van der Waals surface area contributed by atoms with Crippen LogP contribution in [-0.4, -0.2) is 23.5 Å². The van der Waals surface area contributed by atoms with Gasteiger partial charge in [0.05, 0.1) is 5.69 Å². The molecule has 0 aromatic heterocycles. The quantitative estimate of drug-likeness (QED) is 0.624. The first kappa shape index (κ1) is 22.3. The maximum Gasteiger partial charge on any atom is 0.412 e. The molecular formula is C23H26FN3O4. The second-order valence-corrected chi connectivity index (χ2v) is 8.66. The standard InChI is InChI=1S/C23H26FN3O4/c1-13-11-17(13)21(29)25-15-7-5-14(6-8-15)20(28)26-16-9-10-18(24)19(12-16)27-22(30)31-23(2,3)4/h5-10,12-13,17H,11H2,1-4H3,(H,25,29)(H,26,28)(H,27,30). The number of amides is 3. The second-order valence-electron chi connectivity index (χ2n) is 8.66. The number of carbonyl (C=O) groups excluding carboxylic acids is 3. The molecule has 164 valence electrons. The van der Waals surface area contributed by atoms with Crippen molar-refractivity contribution in [3.63, 3.8) is 0 Å². The lowest BCUT2D eigenvalue weighted by Gasteiger charge is -2.20. The molecule has 3 amide bonds. The van der Waals surface area contributed by atoms with Crippen molar-refractivity contribution in [1.29, 1.82) is 0 Å². The Hall–Kier alpha value is -3.42. The third-order valence-corrected chi connectivity index (χ3v) is 4.72. The first-order valence-corrected chi connectivity index (χ1v) is 10.0. The summed E-state index contributed by atoms with van der Waals surface area (Å²) in [7, 11) is 0. The molecule has 0 bridgehead atoms. The molecular weight excluding hydrogens is 401 g/mol. The van der Waals surface area contributed by atoms with Crippen molar-refractivity contribution in [2.75, 3.05) is 16.0 Å². The molecule has 1 aliphatic carbocycles. The highest BCUT2D eigenvalue weighted by Crippen LogP contribution is 2.38. The van der Waals surface area contributed by atoms with Crippen LogP contribution in [0.15, 0.2) is 42.5 Å². The van der Waals surface area contributed by atoms with Gasteiger partial charge in [-0.05, 0) is 75.6 Å². The van der Waals surface area contributed by atoms with E-state index in [0.717, 1.165) is 12.5 Å². The number of benzene rings is 2. The van der Waals surface area contributed by atoms with Crippen LogP contribution in [0.2, 0.25) is 0 Å². The van der Waals surface area contributed by atoms with E-state index in [-0.39, 0.29) is 17.5 Å². The summed E-state index contributed by atoms with van der Waals surface area (Å²) < 4.78 is 19.2. The van der Waals surface area contributed by atoms with E-state index in [1.807, 2.05) is 6.92 Å². The number of ether oxygens (including phenoxy) is 1. The summed E-state index contributed by atoms with van der Waals surface area (Å²) >= 11 is 0. The Morgan fingerprint density at radius 1 is 0.968 bits per heavy atom. The topological polar surface area (TPSA) is 96.5 Å². The molecule has 1 aliphatic rings. The Morgan fingerprint density at radius 2 is 1.58 bits per heavy atom. The highest BCUT2D eigenvalue weighted by Gasteiger charge is 2.39. The minimum absolute atomic E-state index is 0.0129. The maximum absolute atomic E-state index is 14.0. The van der Waals surface area contributed by atoms with Crippen LogP contribution in [0, 0.1) is 17.7 Å². The maximum atomic E-state index is 14.0. The number of hydrogen-bond donors (Lipinski definition) is 3. The fourth-order valence-corrected chi connectivity index (χ4v) is 2.94. The first-order chi connectivity index (χ1) is 14.5. The number of carbonyl (C=O) groups is 3. The fraction of sp³-hybridized carbons (Fsp3) is 0.348. The van der Waals surface area contributed by atoms with Crippen molar-refractivity contribution in [1.82, 2.24) is 0 Å². The summed E-state index contributed by atoms with van der Waals surface area (Å²) in [6, 6.07) is 10.3. The zero-order valence-corrected chi connectivity index (χ0v) is 17.9. The van der Waals surface area contributed by atoms with Gasteiger partial charge in [-0.15, -0.1) is 0 Å². The van der Waals surface area contributed by atoms with Gasteiger partial charge in [0.15, 0.2) is 0 Å². The lowest BCUT2D eigenvalue weighted by atomic mass is 10.1. The van der Waals surface area contributed by atoms with Gasteiger partial charge in [0, 0.05) is 22.9 Å². The highest BCUT2D eigenvalue weighted by atomic mass is 19.1. The summed E-state index contributed by atoms with van der Waals surface area (Å²) in [6.45, 7) is 7.12. The van der Waals surface area contributed by atoms with Crippen molar-refractivity contribution in [3.05, 3.63) is 53.8 Å². The fourth-order valence-electron chi connectivity index (χ4n) is 2.94. The summed E-state index contributed by atoms with van der Waals surface area (Å²) in [5.74, 6) is -0.612. The van der Waals surface area contributed by atoms with Crippen LogP contribution in [0.4, 0.5) is 26.2 Å². The number of hydrogen-bond acceptors (Lipinski definition) is 4. The lowest BCUT2D eigenvalue weighted by Crippen LogP contribution is -2.27. The van der Waals surface area contributed by atoms with Crippen LogP contribution in [-0.2, 0) is 9.53 Å². The van der Waals surface area contributed by atoms with Gasteiger partial charge in [0.1, 0.15) is 11.4 Å². The average Bonchev–Trinajstić information content (AvgIpc) is 3.40. The number of halogens is 1. The average molecular weight is 427 g/mol. The van der Waals surface area contributed by atoms with Crippen LogP contribution >= 0.6 is 0 Å². The number of nitrogens with one attached hydrogen (secondary N) is 3. The third-order valence-electron chi connectivity index (χ3n) is 4.72. The molecule has 8 heteroatoms. The molecule has 2 aromatic carbocycles. The zero-order chi connectivity index (χ0) is 22.8. The van der Waals surface area contributed by atoms with Gasteiger partial charge in [0.2, 0.25) is 5.91 Å². The molecule has 1 fully saturated rings. The molecule has 7 nitrogen and oxygen atoms in total. The predicted molar refractivity (Wildman–Crippen MR) is 117 cm³/mol. The van der Waals surface area contributed by atoms with E-state index in [2.05, 4.69) is 16.0 Å². The van der Waals surface area contributed by atoms with E-state index in [1.165, 1.54) is 12.1 Å². The molecule has 0 radical (unpaired) electrons. The van der Waals surface area contributed by atoms with E-state index in [4.69, 9.17) is 4.74 Å². The van der Waals surface area contributed by atoms with Gasteiger partial charge in [-0.3, -0.25) is 14.9 Å². The van der Waals surface area contributed by atoms with Crippen molar-refractivity contribution >= 4 is 35.0 Å². The summed E-state index contributed by atoms with van der Waals surface area (Å²) in [4.78, 5) is 36.4. The minimum atomic E-state index is -0.798. The van der Waals surface area contributed by atoms with Crippen LogP contribution in [0.1, 0.15) is 44.5 Å². The van der Waals surface area contributed by atoms with E-state index in [0.29, 0.717) is 22.9 Å². The molecule has 3 N–H and O–H groups in total. The molecule has 0 spiro atoms. The van der Waals surface area contributed by atoms with Crippen molar-refractivity contribution in [2.24, 2.45) is 11.8 Å². The second kappa shape index (κ2) is 8.75. The van der Waals surface area contributed by atoms with Gasteiger partial charge < -0.3 is 15.4 Å². The molecule has 0 saturated heterocycles. The Kier molecular flexibility index (Phi) is 6.29. The molecule has 1 saturated carbocycles. The van der Waals surface area contributed by atoms with Crippen molar-refractivity contribution in [3.8, 4) is 0 Å². The highest BCUT2D eigenvalue weighted by molar-refractivity contribution is 6.05. The normalized spacial score (nSPS) is 17.5. The third kappa shape index (κ3) is 6.28. The molecule has 31 heavy (non-hydrogen) atoms. The van der Waals surface area contributed by atoms with E-state index >= 15 is 0 Å². The van der Waals surface area contributed by atoms with Gasteiger partial charge in [0.25, 0.3) is 5.91 Å². The van der Waals surface area contributed by atoms with E-state index < -0.39 is 23.4 Å². The SMILES string of the molecule is CC1CC1C(=O)Nc1ccc(C(=O)Nc2ccc(F)c(NC(=O)OC(C)(C)C)c2)cc1. The van der Waals surface area contributed by atoms with Gasteiger partial charge >= 0.3 is 6.09 Å². The van der Waals surface area contributed by atoms with E-state index in [9.17, 15) is 18.8 Å². The largest absolute Gasteiger partial charge is 0.444 e. The molecule has 2 aromatic rings. The Morgan fingerprint density at radius 3 is 2.16 bits per heavy atom. The smallest absolute Gasteiger partial charge is 0.412 e. The Balaban J connectivity index is 1.62.